The van der Waals surface area contributed by atoms with Crippen LogP contribution in [-0.2, 0) is 0 Å². The molecule has 0 N–H and O–H groups in total. The average molecular weight is 716 g/mol. The number of rotatable bonds is 5. The second kappa shape index (κ2) is 12.0. The lowest BCUT2D eigenvalue weighted by Crippen LogP contribution is -2.10. The van der Waals surface area contributed by atoms with E-state index < -0.39 is 0 Å². The van der Waals surface area contributed by atoms with Crippen molar-refractivity contribution in [3.8, 4) is 11.4 Å². The van der Waals surface area contributed by atoms with E-state index in [4.69, 9.17) is 4.42 Å². The van der Waals surface area contributed by atoms with Gasteiger partial charge in [-0.2, -0.15) is 0 Å². The van der Waals surface area contributed by atoms with Gasteiger partial charge in [0, 0.05) is 49.7 Å². The molecule has 3 aromatic heterocycles. The van der Waals surface area contributed by atoms with Gasteiger partial charge in [-0.15, -0.1) is 0 Å². The summed E-state index contributed by atoms with van der Waals surface area (Å²) in [7, 11) is 0. The summed E-state index contributed by atoms with van der Waals surface area (Å²) in [5.41, 5.74) is 11.9. The van der Waals surface area contributed by atoms with Gasteiger partial charge in [-0.25, -0.2) is 0 Å². The predicted octanol–water partition coefficient (Wildman–Crippen LogP) is 14.4. The molecule has 0 aliphatic heterocycles. The minimum Gasteiger partial charge on any atom is -0.456 e. The van der Waals surface area contributed by atoms with Crippen molar-refractivity contribution in [2.45, 2.75) is 0 Å². The second-order valence-electron chi connectivity index (χ2n) is 14.5. The Morgan fingerprint density at radius 2 is 0.929 bits per heavy atom. The molecule has 4 nitrogen and oxygen atoms in total. The lowest BCUT2D eigenvalue weighted by Gasteiger charge is -2.27. The van der Waals surface area contributed by atoms with Gasteiger partial charge >= 0.3 is 0 Å². The summed E-state index contributed by atoms with van der Waals surface area (Å²) in [6, 6.07) is 72.0. The zero-order valence-corrected chi connectivity index (χ0v) is 30.3. The van der Waals surface area contributed by atoms with Gasteiger partial charge < -0.3 is 18.5 Å². The van der Waals surface area contributed by atoms with Gasteiger partial charge in [-0.1, -0.05) is 109 Å². The topological polar surface area (TPSA) is 26.2 Å². The highest BCUT2D eigenvalue weighted by Crippen LogP contribution is 2.45. The first-order chi connectivity index (χ1) is 27.8. The molecule has 0 unspecified atom stereocenters. The maximum absolute atomic E-state index is 6.44. The predicted molar refractivity (Wildman–Crippen MR) is 235 cm³/mol. The Bertz CT molecular complexity index is 3480. The van der Waals surface area contributed by atoms with Crippen molar-refractivity contribution in [2.24, 2.45) is 0 Å². The number of anilines is 3. The number of aromatic nitrogens is 2. The zero-order valence-electron chi connectivity index (χ0n) is 30.3. The molecule has 0 saturated heterocycles. The average Bonchev–Trinajstić information content (AvgIpc) is 3.92. The van der Waals surface area contributed by atoms with Crippen LogP contribution in [0, 0.1) is 0 Å². The van der Waals surface area contributed by atoms with Crippen molar-refractivity contribution in [1.29, 1.82) is 0 Å². The summed E-state index contributed by atoms with van der Waals surface area (Å²) in [5.74, 6) is 0. The molecule has 0 atom stereocenters. The van der Waals surface area contributed by atoms with Crippen LogP contribution in [0.3, 0.4) is 0 Å². The second-order valence-corrected chi connectivity index (χ2v) is 14.5. The van der Waals surface area contributed by atoms with Crippen LogP contribution >= 0.6 is 0 Å². The molecule has 3 heterocycles. The van der Waals surface area contributed by atoms with E-state index in [0.717, 1.165) is 50.4 Å². The standard InChI is InChI=1S/C52H33N3O/c1-2-14-35(15-3-1)54-44-20-9-6-17-40(44)43-33-38(30-32-46(43)54)53(47-22-12-24-50-52(47)42-19-8-11-23-49(42)56-50)36-26-28-37(29-27-36)55-45-21-10-7-18-41(45)51-39-16-5-4-13-34(39)25-31-48(51)55/h1-33H. The molecule has 0 aliphatic carbocycles. The molecule has 0 aliphatic rings. The van der Waals surface area contributed by atoms with Crippen molar-refractivity contribution in [3.05, 3.63) is 200 Å². The Morgan fingerprint density at radius 3 is 1.77 bits per heavy atom. The quantitative estimate of drug-likeness (QED) is 0.177. The number of para-hydroxylation sites is 4. The van der Waals surface area contributed by atoms with Crippen molar-refractivity contribution >= 4 is 93.4 Å². The Kier molecular flexibility index (Phi) is 6.60. The molecule has 4 heteroatoms. The fourth-order valence-corrected chi connectivity index (χ4v) is 9.09. The van der Waals surface area contributed by atoms with Gasteiger partial charge in [0.1, 0.15) is 11.2 Å². The van der Waals surface area contributed by atoms with Crippen LogP contribution in [0.2, 0.25) is 0 Å². The molecule has 262 valence electrons. The SMILES string of the molecule is c1ccc(-n2c3ccccc3c3cc(N(c4ccc(-n5c6ccccc6c6c7ccccc7ccc65)cc4)c4cccc5oc6ccccc6c45)ccc32)cc1. The van der Waals surface area contributed by atoms with E-state index in [9.17, 15) is 0 Å². The van der Waals surface area contributed by atoms with Crippen molar-refractivity contribution < 1.29 is 4.42 Å². The molecule has 0 amide bonds. The summed E-state index contributed by atoms with van der Waals surface area (Å²) in [5, 5.41) is 9.66. The molecular formula is C52H33N3O. The van der Waals surface area contributed by atoms with Gasteiger partial charge in [0.15, 0.2) is 0 Å². The van der Waals surface area contributed by atoms with Crippen LogP contribution in [0.4, 0.5) is 17.1 Å². The van der Waals surface area contributed by atoms with Gasteiger partial charge in [-0.05, 0) is 102 Å². The smallest absolute Gasteiger partial charge is 0.137 e. The van der Waals surface area contributed by atoms with Crippen LogP contribution in [-0.4, -0.2) is 9.13 Å². The Labute approximate surface area is 322 Å². The number of furan rings is 1. The lowest BCUT2D eigenvalue weighted by atomic mass is 10.0. The molecule has 12 rings (SSSR count). The highest BCUT2D eigenvalue weighted by atomic mass is 16.3. The van der Waals surface area contributed by atoms with Gasteiger partial charge in [0.05, 0.1) is 33.1 Å². The first kappa shape index (κ1) is 30.9. The zero-order chi connectivity index (χ0) is 36.7. The van der Waals surface area contributed by atoms with Gasteiger partial charge in [0.25, 0.3) is 0 Å². The van der Waals surface area contributed by atoms with Crippen LogP contribution in [0.25, 0.3) is 87.7 Å². The summed E-state index contributed by atoms with van der Waals surface area (Å²) in [6.07, 6.45) is 0. The summed E-state index contributed by atoms with van der Waals surface area (Å²) < 4.78 is 11.2. The maximum atomic E-state index is 6.44. The first-order valence-electron chi connectivity index (χ1n) is 19.1. The van der Waals surface area contributed by atoms with E-state index in [2.05, 4.69) is 208 Å². The lowest BCUT2D eigenvalue weighted by molar-refractivity contribution is 0.669. The Hall–Kier alpha value is -7.56. The van der Waals surface area contributed by atoms with E-state index >= 15 is 0 Å². The number of nitrogens with zero attached hydrogens (tertiary/aromatic N) is 3. The third-order valence-electron chi connectivity index (χ3n) is 11.5. The van der Waals surface area contributed by atoms with E-state index in [0.29, 0.717) is 0 Å². The highest BCUT2D eigenvalue weighted by Gasteiger charge is 2.22. The van der Waals surface area contributed by atoms with Crippen LogP contribution < -0.4 is 4.90 Å². The molecule has 9 aromatic carbocycles. The summed E-state index contributed by atoms with van der Waals surface area (Å²) in [4.78, 5) is 2.39. The van der Waals surface area contributed by atoms with Gasteiger partial charge in [-0.3, -0.25) is 0 Å². The van der Waals surface area contributed by atoms with Crippen LogP contribution in [0.5, 0.6) is 0 Å². The van der Waals surface area contributed by atoms with E-state index in [-0.39, 0.29) is 0 Å². The van der Waals surface area contributed by atoms with Crippen LogP contribution in [0.1, 0.15) is 0 Å². The Morgan fingerprint density at radius 1 is 0.339 bits per heavy atom. The normalized spacial score (nSPS) is 11.9. The third kappa shape index (κ3) is 4.47. The first-order valence-corrected chi connectivity index (χ1v) is 19.1. The minimum absolute atomic E-state index is 0.865. The van der Waals surface area contributed by atoms with Crippen molar-refractivity contribution in [2.75, 3.05) is 4.90 Å². The summed E-state index contributed by atoms with van der Waals surface area (Å²) in [6.45, 7) is 0. The fraction of sp³-hybridized carbons (Fsp3) is 0. The van der Waals surface area contributed by atoms with Crippen molar-refractivity contribution in [3.63, 3.8) is 0 Å². The van der Waals surface area contributed by atoms with E-state index in [1.54, 1.807) is 0 Å². The maximum Gasteiger partial charge on any atom is 0.137 e. The fourth-order valence-electron chi connectivity index (χ4n) is 9.09. The van der Waals surface area contributed by atoms with Crippen LogP contribution in [0.15, 0.2) is 205 Å². The number of benzene rings is 9. The largest absolute Gasteiger partial charge is 0.456 e. The van der Waals surface area contributed by atoms with Gasteiger partial charge in [0.2, 0.25) is 0 Å². The molecule has 0 saturated carbocycles. The number of hydrogen-bond acceptors (Lipinski definition) is 2. The monoisotopic (exact) mass is 715 g/mol. The molecule has 0 radical (unpaired) electrons. The minimum atomic E-state index is 0.865. The molecule has 56 heavy (non-hydrogen) atoms. The molecule has 0 fully saturated rings. The number of hydrogen-bond donors (Lipinski definition) is 0. The number of fused-ring (bicyclic) bond motifs is 11. The molecule has 0 spiro atoms. The molecule has 0 bridgehead atoms. The van der Waals surface area contributed by atoms with E-state index in [1.807, 2.05) is 6.07 Å². The third-order valence-corrected chi connectivity index (χ3v) is 11.5. The van der Waals surface area contributed by atoms with Crippen molar-refractivity contribution in [1.82, 2.24) is 9.13 Å². The molecule has 12 aromatic rings. The Balaban J connectivity index is 1.09. The highest BCUT2D eigenvalue weighted by molar-refractivity contribution is 6.21. The van der Waals surface area contributed by atoms with E-state index in [1.165, 1.54) is 54.4 Å². The molecular weight excluding hydrogens is 683 g/mol. The summed E-state index contributed by atoms with van der Waals surface area (Å²) >= 11 is 0.